The van der Waals surface area contributed by atoms with Gasteiger partial charge in [-0.3, -0.25) is 0 Å². The van der Waals surface area contributed by atoms with E-state index in [2.05, 4.69) is 30.3 Å². The van der Waals surface area contributed by atoms with Crippen molar-refractivity contribution in [1.29, 1.82) is 0 Å². The topological polar surface area (TPSA) is 66.8 Å². The van der Waals surface area contributed by atoms with Crippen molar-refractivity contribution in [2.45, 2.75) is 108 Å². The van der Waals surface area contributed by atoms with Crippen molar-refractivity contribution < 1.29 is 22.6 Å². The normalized spacial score (nSPS) is 11.9. The zero-order chi connectivity index (χ0) is 33.9. The fourth-order valence-electron chi connectivity index (χ4n) is 6.09. The molecule has 48 heavy (non-hydrogen) atoms. The summed E-state index contributed by atoms with van der Waals surface area (Å²) >= 11 is 0. The van der Waals surface area contributed by atoms with Crippen LogP contribution in [0.1, 0.15) is 107 Å². The van der Waals surface area contributed by atoms with Crippen LogP contribution in [0.3, 0.4) is 0 Å². The summed E-state index contributed by atoms with van der Waals surface area (Å²) in [5, 5.41) is 0.850. The van der Waals surface area contributed by atoms with Crippen LogP contribution in [0.5, 0.6) is 11.5 Å². The molecule has 6 nitrogen and oxygen atoms in total. The van der Waals surface area contributed by atoms with Crippen molar-refractivity contribution in [2.75, 3.05) is 20.8 Å². The summed E-state index contributed by atoms with van der Waals surface area (Å²) in [4.78, 5) is 0.217. The lowest BCUT2D eigenvalue weighted by Gasteiger charge is -2.08. The zero-order valence-electron chi connectivity index (χ0n) is 29.1. The highest BCUT2D eigenvalue weighted by molar-refractivity contribution is 7.90. The molecule has 1 aromatic heterocycles. The predicted molar refractivity (Wildman–Crippen MR) is 198 cm³/mol. The number of aromatic nitrogens is 1. The lowest BCUT2D eigenvalue weighted by atomic mass is 10.0. The molecule has 0 aliphatic heterocycles. The van der Waals surface area contributed by atoms with Crippen LogP contribution in [0.15, 0.2) is 90.0 Å². The van der Waals surface area contributed by atoms with E-state index in [1.165, 1.54) is 93.0 Å². The Bertz CT molecular complexity index is 1610. The standard InChI is InChI=1S/C41H55NO5S/c1-45-37-25-28-39(29-26-37)48(43,44)42-33-36(40-32-38(46-2)27-30-41(40)42)24-20-15-13-11-9-7-5-3-4-6-8-10-12-14-16-21-31-47-34-35-22-18-17-19-23-35/h17-20,22-30,32-33H,3-16,21,31,34H2,1-2H3. The molecule has 3 aromatic carbocycles. The van der Waals surface area contributed by atoms with Gasteiger partial charge in [-0.2, -0.15) is 0 Å². The van der Waals surface area contributed by atoms with Crippen LogP contribution < -0.4 is 9.47 Å². The minimum atomic E-state index is -3.78. The Hall–Kier alpha value is -3.55. The molecule has 0 aliphatic carbocycles. The van der Waals surface area contributed by atoms with Crippen molar-refractivity contribution in [1.82, 2.24) is 3.97 Å². The highest BCUT2D eigenvalue weighted by atomic mass is 32.2. The summed E-state index contributed by atoms with van der Waals surface area (Å²) in [7, 11) is -0.592. The Morgan fingerprint density at radius 1 is 0.646 bits per heavy atom. The second-order valence-corrected chi connectivity index (χ2v) is 14.4. The molecule has 0 atom stereocenters. The monoisotopic (exact) mass is 673 g/mol. The first kappa shape index (κ1) is 37.3. The molecule has 0 saturated heterocycles. The van der Waals surface area contributed by atoms with Crippen molar-refractivity contribution in [3.05, 3.63) is 96.2 Å². The van der Waals surface area contributed by atoms with E-state index in [0.717, 1.165) is 37.0 Å². The van der Waals surface area contributed by atoms with Crippen LogP contribution in [0.4, 0.5) is 0 Å². The van der Waals surface area contributed by atoms with E-state index < -0.39 is 10.0 Å². The van der Waals surface area contributed by atoms with Crippen molar-refractivity contribution >= 4 is 27.0 Å². The van der Waals surface area contributed by atoms with Gasteiger partial charge in [0.2, 0.25) is 0 Å². The van der Waals surface area contributed by atoms with Crippen molar-refractivity contribution in [2.24, 2.45) is 0 Å². The number of allylic oxidation sites excluding steroid dienone is 1. The minimum absolute atomic E-state index is 0.217. The van der Waals surface area contributed by atoms with Crippen LogP contribution in [0, 0.1) is 0 Å². The molecule has 260 valence electrons. The van der Waals surface area contributed by atoms with Crippen molar-refractivity contribution in [3.63, 3.8) is 0 Å². The number of fused-ring (bicyclic) bond motifs is 1. The van der Waals surface area contributed by atoms with E-state index in [0.29, 0.717) is 17.0 Å². The maximum absolute atomic E-state index is 13.6. The average molecular weight is 674 g/mol. The first-order valence-electron chi connectivity index (χ1n) is 17.9. The Kier molecular flexibility index (Phi) is 16.1. The van der Waals surface area contributed by atoms with E-state index >= 15 is 0 Å². The lowest BCUT2D eigenvalue weighted by Crippen LogP contribution is -2.11. The third-order valence-electron chi connectivity index (χ3n) is 8.94. The van der Waals surface area contributed by atoms with Crippen LogP contribution in [-0.4, -0.2) is 33.2 Å². The quantitative estimate of drug-likeness (QED) is 0.0693. The SMILES string of the molecule is COc1ccc(S(=O)(=O)n2cc(C=CCCCCCCCCCCCCCCCCOCc3ccccc3)c3cc(OC)ccc32)cc1. The molecule has 0 N–H and O–H groups in total. The number of methoxy groups -OCH3 is 2. The molecule has 0 unspecified atom stereocenters. The maximum atomic E-state index is 13.6. The molecule has 0 aliphatic rings. The molecular weight excluding hydrogens is 619 g/mol. The van der Waals surface area contributed by atoms with Gasteiger partial charge in [0.1, 0.15) is 11.5 Å². The highest BCUT2D eigenvalue weighted by Crippen LogP contribution is 2.31. The molecule has 0 amide bonds. The van der Waals surface area contributed by atoms with Gasteiger partial charge in [-0.25, -0.2) is 12.4 Å². The van der Waals surface area contributed by atoms with Gasteiger partial charge < -0.3 is 14.2 Å². The molecule has 0 radical (unpaired) electrons. The van der Waals surface area contributed by atoms with E-state index in [9.17, 15) is 8.42 Å². The molecule has 0 bridgehead atoms. The summed E-state index contributed by atoms with van der Waals surface area (Å²) < 4.78 is 44.9. The molecule has 0 spiro atoms. The van der Waals surface area contributed by atoms with Crippen LogP contribution in [-0.2, 0) is 21.4 Å². The third-order valence-corrected chi connectivity index (χ3v) is 10.6. The molecule has 4 aromatic rings. The second kappa shape index (κ2) is 20.7. The third kappa shape index (κ3) is 11.9. The predicted octanol–water partition coefficient (Wildman–Crippen LogP) is 11.0. The largest absolute Gasteiger partial charge is 0.497 e. The van der Waals surface area contributed by atoms with Crippen LogP contribution in [0.25, 0.3) is 17.0 Å². The number of unbranched alkanes of at least 4 members (excludes halogenated alkanes) is 14. The van der Waals surface area contributed by atoms with Crippen molar-refractivity contribution in [3.8, 4) is 11.5 Å². The van der Waals surface area contributed by atoms with Crippen LogP contribution in [0.2, 0.25) is 0 Å². The second-order valence-electron chi connectivity index (χ2n) is 12.6. The minimum Gasteiger partial charge on any atom is -0.497 e. The van der Waals surface area contributed by atoms with Crippen LogP contribution >= 0.6 is 0 Å². The van der Waals surface area contributed by atoms with Gasteiger partial charge in [-0.15, -0.1) is 0 Å². The summed E-state index contributed by atoms with van der Waals surface area (Å²) in [6.45, 7) is 1.60. The van der Waals surface area contributed by atoms with Gasteiger partial charge in [0, 0.05) is 23.8 Å². The van der Waals surface area contributed by atoms with Gasteiger partial charge in [0.25, 0.3) is 10.0 Å². The first-order valence-corrected chi connectivity index (χ1v) is 19.3. The van der Waals surface area contributed by atoms with Gasteiger partial charge in [0.15, 0.2) is 0 Å². The smallest absolute Gasteiger partial charge is 0.268 e. The van der Waals surface area contributed by atoms with E-state index in [-0.39, 0.29) is 4.90 Å². The lowest BCUT2D eigenvalue weighted by molar-refractivity contribution is 0.116. The van der Waals surface area contributed by atoms with Gasteiger partial charge in [-0.05, 0) is 67.3 Å². The number of benzene rings is 3. The number of ether oxygens (including phenoxy) is 3. The zero-order valence-corrected chi connectivity index (χ0v) is 29.9. The first-order chi connectivity index (χ1) is 23.5. The number of rotatable bonds is 24. The molecule has 7 heteroatoms. The van der Waals surface area contributed by atoms with Gasteiger partial charge in [-0.1, -0.05) is 120 Å². The fourth-order valence-corrected chi connectivity index (χ4v) is 7.46. The Labute approximate surface area is 289 Å². The highest BCUT2D eigenvalue weighted by Gasteiger charge is 2.21. The summed E-state index contributed by atoms with van der Waals surface area (Å²) in [5.41, 5.74) is 2.75. The summed E-state index contributed by atoms with van der Waals surface area (Å²) in [6, 6.07) is 22.4. The Morgan fingerprint density at radius 3 is 1.81 bits per heavy atom. The number of hydrogen-bond acceptors (Lipinski definition) is 5. The summed E-state index contributed by atoms with van der Waals surface area (Å²) in [6.07, 6.45) is 25.1. The van der Waals surface area contributed by atoms with E-state index in [4.69, 9.17) is 14.2 Å². The summed E-state index contributed by atoms with van der Waals surface area (Å²) in [5.74, 6) is 1.31. The Balaban J connectivity index is 1.06. The molecule has 0 fully saturated rings. The van der Waals surface area contributed by atoms with Gasteiger partial charge >= 0.3 is 0 Å². The molecule has 1 heterocycles. The molecule has 0 saturated carbocycles. The number of nitrogens with zero attached hydrogens (tertiary/aromatic N) is 1. The average Bonchev–Trinajstić information content (AvgIpc) is 3.49. The maximum Gasteiger partial charge on any atom is 0.268 e. The Morgan fingerprint density at radius 2 is 1.21 bits per heavy atom. The fraction of sp³-hybridized carbons (Fsp3) is 0.463. The van der Waals surface area contributed by atoms with Gasteiger partial charge in [0.05, 0.1) is 31.2 Å². The number of hydrogen-bond donors (Lipinski definition) is 0. The van der Waals surface area contributed by atoms with E-state index in [1.54, 1.807) is 56.8 Å². The molecular formula is C41H55NO5S. The van der Waals surface area contributed by atoms with E-state index in [1.807, 2.05) is 18.2 Å². The molecule has 4 rings (SSSR count).